The van der Waals surface area contributed by atoms with E-state index in [-0.39, 0.29) is 12.5 Å². The molecular weight excluding hydrogens is 387 g/mol. The Hall–Kier alpha value is -2.71. The first kappa shape index (κ1) is 19.1. The first-order valence-electron chi connectivity index (χ1n) is 7.92. The van der Waals surface area contributed by atoms with Gasteiger partial charge >= 0.3 is 0 Å². The van der Waals surface area contributed by atoms with E-state index in [1.54, 1.807) is 19.3 Å². The zero-order valence-corrected chi connectivity index (χ0v) is 15.9. The summed E-state index contributed by atoms with van der Waals surface area (Å²) in [5.41, 5.74) is 1.19. The molecular formula is C19H15FN2O3S2. The highest BCUT2D eigenvalue weighted by Crippen LogP contribution is 2.34. The molecule has 138 valence electrons. The van der Waals surface area contributed by atoms with Gasteiger partial charge in [-0.05, 0) is 36.4 Å². The summed E-state index contributed by atoms with van der Waals surface area (Å²) in [6.07, 6.45) is 1.69. The van der Waals surface area contributed by atoms with E-state index >= 15 is 0 Å². The second-order valence-corrected chi connectivity index (χ2v) is 7.24. The van der Waals surface area contributed by atoms with Crippen molar-refractivity contribution in [1.29, 1.82) is 0 Å². The number of hydrogen-bond donors (Lipinski definition) is 1. The number of ether oxygens (including phenoxy) is 1. The van der Waals surface area contributed by atoms with E-state index in [9.17, 15) is 14.0 Å². The lowest BCUT2D eigenvalue weighted by molar-refractivity contribution is -0.126. The Balaban J connectivity index is 1.71. The van der Waals surface area contributed by atoms with Crippen LogP contribution in [0.4, 0.5) is 10.1 Å². The van der Waals surface area contributed by atoms with Crippen molar-refractivity contribution in [2.45, 2.75) is 0 Å². The number of thiocarbonyl (C=S) groups is 1. The van der Waals surface area contributed by atoms with Crippen LogP contribution in [0.1, 0.15) is 5.56 Å². The fourth-order valence-electron chi connectivity index (χ4n) is 2.44. The summed E-state index contributed by atoms with van der Waals surface area (Å²) in [6, 6.07) is 12.7. The number of nitrogens with one attached hydrogen (secondary N) is 1. The first-order chi connectivity index (χ1) is 13.0. The lowest BCUT2D eigenvalue weighted by Crippen LogP contribution is -2.36. The monoisotopic (exact) mass is 402 g/mol. The standard InChI is InChI=1S/C19H15FN2O3S2/c1-25-15-5-3-2-4-12(15)10-16-18(24)22(19(26)27-16)11-17(23)21-14-8-6-13(20)7-9-14/h2-10H,11H2,1H3,(H,21,23)/b16-10-. The van der Waals surface area contributed by atoms with Gasteiger partial charge in [0, 0.05) is 11.3 Å². The molecule has 1 heterocycles. The Bertz CT molecular complexity index is 929. The number of amides is 2. The average molecular weight is 402 g/mol. The van der Waals surface area contributed by atoms with Gasteiger partial charge < -0.3 is 10.1 Å². The lowest BCUT2D eigenvalue weighted by Gasteiger charge is -2.14. The Labute approximate surface area is 165 Å². The number of nitrogens with zero attached hydrogens (tertiary/aromatic N) is 1. The van der Waals surface area contributed by atoms with Crippen molar-refractivity contribution < 1.29 is 18.7 Å². The number of carbonyl (C=O) groups is 2. The largest absolute Gasteiger partial charge is 0.496 e. The van der Waals surface area contributed by atoms with Crippen molar-refractivity contribution in [3.05, 3.63) is 64.8 Å². The average Bonchev–Trinajstić information content (AvgIpc) is 2.91. The normalized spacial score (nSPS) is 15.3. The molecule has 1 saturated heterocycles. The lowest BCUT2D eigenvalue weighted by atomic mass is 10.2. The maximum absolute atomic E-state index is 12.9. The van der Waals surface area contributed by atoms with Gasteiger partial charge in [0.15, 0.2) is 0 Å². The Morgan fingerprint density at radius 3 is 2.67 bits per heavy atom. The summed E-state index contributed by atoms with van der Waals surface area (Å²) >= 11 is 6.37. The van der Waals surface area contributed by atoms with Crippen LogP contribution >= 0.6 is 24.0 Å². The summed E-state index contributed by atoms with van der Waals surface area (Å²) in [4.78, 5) is 26.5. The third kappa shape index (κ3) is 4.53. The molecule has 2 amide bonds. The molecule has 1 aliphatic heterocycles. The molecule has 0 aromatic heterocycles. The van der Waals surface area contributed by atoms with Crippen LogP contribution in [0.25, 0.3) is 6.08 Å². The number of para-hydroxylation sites is 1. The molecule has 0 aliphatic carbocycles. The number of hydrogen-bond acceptors (Lipinski definition) is 5. The minimum absolute atomic E-state index is 0.217. The molecule has 0 saturated carbocycles. The molecule has 0 radical (unpaired) electrons. The summed E-state index contributed by atoms with van der Waals surface area (Å²) in [7, 11) is 1.55. The highest BCUT2D eigenvalue weighted by Gasteiger charge is 2.33. The molecule has 1 aliphatic rings. The van der Waals surface area contributed by atoms with Crippen LogP contribution in [-0.2, 0) is 9.59 Å². The molecule has 27 heavy (non-hydrogen) atoms. The predicted octanol–water partition coefficient (Wildman–Crippen LogP) is 3.67. The Morgan fingerprint density at radius 1 is 1.26 bits per heavy atom. The van der Waals surface area contributed by atoms with Crippen molar-refractivity contribution in [2.24, 2.45) is 0 Å². The summed E-state index contributed by atoms with van der Waals surface area (Å²) in [5.74, 6) is -0.523. The molecule has 0 unspecified atom stereocenters. The minimum Gasteiger partial charge on any atom is -0.496 e. The van der Waals surface area contributed by atoms with Gasteiger partial charge in [0.1, 0.15) is 22.4 Å². The molecule has 8 heteroatoms. The predicted molar refractivity (Wildman–Crippen MR) is 108 cm³/mol. The van der Waals surface area contributed by atoms with Gasteiger partial charge in [-0.1, -0.05) is 42.2 Å². The zero-order valence-electron chi connectivity index (χ0n) is 14.3. The van der Waals surface area contributed by atoms with Crippen LogP contribution in [0, 0.1) is 5.82 Å². The van der Waals surface area contributed by atoms with Crippen molar-refractivity contribution in [2.75, 3.05) is 19.0 Å². The van der Waals surface area contributed by atoms with Crippen molar-refractivity contribution in [1.82, 2.24) is 4.90 Å². The van der Waals surface area contributed by atoms with Gasteiger partial charge in [-0.25, -0.2) is 4.39 Å². The summed E-state index contributed by atoms with van der Waals surface area (Å²) < 4.78 is 18.5. The van der Waals surface area contributed by atoms with Crippen LogP contribution < -0.4 is 10.1 Å². The van der Waals surface area contributed by atoms with Crippen LogP contribution in [0.3, 0.4) is 0 Å². The van der Waals surface area contributed by atoms with Gasteiger partial charge in [0.25, 0.3) is 5.91 Å². The van der Waals surface area contributed by atoms with E-state index in [1.807, 2.05) is 18.2 Å². The third-order valence-corrected chi connectivity index (χ3v) is 5.11. The minimum atomic E-state index is -0.420. The second-order valence-electron chi connectivity index (χ2n) is 5.56. The van der Waals surface area contributed by atoms with E-state index in [1.165, 1.54) is 29.2 Å². The van der Waals surface area contributed by atoms with Gasteiger partial charge in [-0.2, -0.15) is 0 Å². The fourth-order valence-corrected chi connectivity index (χ4v) is 3.69. The molecule has 1 N–H and O–H groups in total. The number of thioether (sulfide) groups is 1. The quantitative estimate of drug-likeness (QED) is 0.611. The highest BCUT2D eigenvalue weighted by atomic mass is 32.2. The van der Waals surface area contributed by atoms with Crippen molar-refractivity contribution in [3.63, 3.8) is 0 Å². The van der Waals surface area contributed by atoms with Crippen LogP contribution in [0.5, 0.6) is 5.75 Å². The SMILES string of the molecule is COc1ccccc1/C=C1\SC(=S)N(CC(=O)Nc2ccc(F)cc2)C1=O. The van der Waals surface area contributed by atoms with Crippen LogP contribution in [0.15, 0.2) is 53.4 Å². The first-order valence-corrected chi connectivity index (χ1v) is 9.14. The van der Waals surface area contributed by atoms with Crippen LogP contribution in [0.2, 0.25) is 0 Å². The van der Waals surface area contributed by atoms with Crippen molar-refractivity contribution in [3.8, 4) is 5.75 Å². The van der Waals surface area contributed by atoms with Gasteiger partial charge in [0.05, 0.1) is 12.0 Å². The molecule has 1 fully saturated rings. The van der Waals surface area contributed by atoms with Gasteiger partial charge in [0.2, 0.25) is 5.91 Å². The number of rotatable bonds is 5. The maximum atomic E-state index is 12.9. The number of carbonyl (C=O) groups excluding carboxylic acids is 2. The molecule has 0 bridgehead atoms. The molecule has 0 spiro atoms. The van der Waals surface area contributed by atoms with Gasteiger partial charge in [-0.15, -0.1) is 0 Å². The van der Waals surface area contributed by atoms with E-state index in [0.717, 1.165) is 17.3 Å². The molecule has 3 rings (SSSR count). The number of anilines is 1. The van der Waals surface area contributed by atoms with E-state index in [0.29, 0.717) is 20.7 Å². The fraction of sp³-hybridized carbons (Fsp3) is 0.105. The number of benzene rings is 2. The molecule has 5 nitrogen and oxygen atoms in total. The smallest absolute Gasteiger partial charge is 0.266 e. The summed E-state index contributed by atoms with van der Waals surface area (Å²) in [6.45, 7) is -0.217. The third-order valence-electron chi connectivity index (χ3n) is 3.73. The molecule has 2 aromatic rings. The van der Waals surface area contributed by atoms with E-state index in [4.69, 9.17) is 17.0 Å². The van der Waals surface area contributed by atoms with Crippen LogP contribution in [-0.4, -0.2) is 34.7 Å². The Kier molecular flexibility index (Phi) is 5.88. The number of halogens is 1. The molecule has 0 atom stereocenters. The molecule has 2 aromatic carbocycles. The Morgan fingerprint density at radius 2 is 1.96 bits per heavy atom. The van der Waals surface area contributed by atoms with E-state index < -0.39 is 11.7 Å². The van der Waals surface area contributed by atoms with E-state index in [2.05, 4.69) is 5.32 Å². The highest BCUT2D eigenvalue weighted by molar-refractivity contribution is 8.26. The zero-order chi connectivity index (χ0) is 19.4. The topological polar surface area (TPSA) is 58.6 Å². The number of methoxy groups -OCH3 is 1. The van der Waals surface area contributed by atoms with Crippen molar-refractivity contribution >= 4 is 51.9 Å². The van der Waals surface area contributed by atoms with Gasteiger partial charge in [-0.3, -0.25) is 14.5 Å². The maximum Gasteiger partial charge on any atom is 0.266 e. The second kappa shape index (κ2) is 8.32. The summed E-state index contributed by atoms with van der Waals surface area (Å²) in [5, 5.41) is 2.61.